The molecule has 3 heteroatoms. The summed E-state index contributed by atoms with van der Waals surface area (Å²) in [7, 11) is 0. The monoisotopic (exact) mass is 424 g/mol. The van der Waals surface area contributed by atoms with Crippen molar-refractivity contribution in [2.75, 3.05) is 0 Å². The van der Waals surface area contributed by atoms with Crippen LogP contribution in [0.25, 0.3) is 0 Å². The molecule has 0 bridgehead atoms. The van der Waals surface area contributed by atoms with Crippen LogP contribution in [0.3, 0.4) is 0 Å². The van der Waals surface area contributed by atoms with E-state index >= 15 is 0 Å². The van der Waals surface area contributed by atoms with E-state index in [4.69, 9.17) is 4.74 Å². The van der Waals surface area contributed by atoms with E-state index in [2.05, 4.69) is 30.9 Å². The molecule has 1 aliphatic rings. The fourth-order valence-electron chi connectivity index (χ4n) is 4.45. The first kappa shape index (κ1) is 25.2. The Morgan fingerprint density at radius 2 is 1.61 bits per heavy atom. The Kier molecular flexibility index (Phi) is 11.4. The highest BCUT2D eigenvalue weighted by Crippen LogP contribution is 2.37. The molecule has 31 heavy (non-hydrogen) atoms. The van der Waals surface area contributed by atoms with Gasteiger partial charge in [0.2, 0.25) is 5.78 Å². The number of ketones is 1. The molecule has 1 unspecified atom stereocenters. The van der Waals surface area contributed by atoms with Gasteiger partial charge in [-0.1, -0.05) is 76.8 Å². The van der Waals surface area contributed by atoms with Crippen molar-refractivity contribution in [1.82, 2.24) is 0 Å². The quantitative estimate of drug-likeness (QED) is 0.163. The molecule has 1 aromatic carbocycles. The topological polar surface area (TPSA) is 43.4 Å². The molecule has 0 saturated heterocycles. The van der Waals surface area contributed by atoms with E-state index in [1.165, 1.54) is 76.2 Å². The molecule has 3 nitrogen and oxygen atoms in total. The minimum absolute atomic E-state index is 0.357. The Bertz CT molecular complexity index is 730. The molecule has 0 aromatic heterocycles. The molecule has 0 heterocycles. The lowest BCUT2D eigenvalue weighted by molar-refractivity contribution is -0.121. The van der Waals surface area contributed by atoms with Crippen molar-refractivity contribution in [2.45, 2.75) is 110 Å². The van der Waals surface area contributed by atoms with Crippen molar-refractivity contribution in [3.8, 4) is 11.8 Å². The van der Waals surface area contributed by atoms with Crippen LogP contribution in [0.1, 0.15) is 120 Å². The second-order valence-corrected chi connectivity index (χ2v) is 8.96. The lowest BCUT2D eigenvalue weighted by Gasteiger charge is -2.29. The zero-order valence-corrected chi connectivity index (χ0v) is 19.8. The summed E-state index contributed by atoms with van der Waals surface area (Å²) in [5.74, 6) is 5.89. The van der Waals surface area contributed by atoms with Crippen LogP contribution in [0.2, 0.25) is 0 Å². The first-order valence-electron chi connectivity index (χ1n) is 12.4. The average molecular weight is 425 g/mol. The normalized spacial score (nSPS) is 19.2. The number of esters is 1. The Morgan fingerprint density at radius 3 is 2.26 bits per heavy atom. The number of unbranched alkanes of at least 4 members (excludes halogenated alkanes) is 5. The zero-order chi connectivity index (χ0) is 22.5. The van der Waals surface area contributed by atoms with Crippen LogP contribution >= 0.6 is 0 Å². The third kappa shape index (κ3) is 8.90. The zero-order valence-electron chi connectivity index (χ0n) is 19.8. The molecule has 1 aromatic rings. The van der Waals surface area contributed by atoms with Crippen molar-refractivity contribution in [1.29, 1.82) is 0 Å². The largest absolute Gasteiger partial charge is 0.450 e. The SMILES string of the molecule is CCC#CC(=O)C(C)OC(=O)c1ccc(C2CCC(CCCCCCCC)CC2)cc1. The number of rotatable bonds is 11. The second-order valence-electron chi connectivity index (χ2n) is 8.96. The standard InChI is InChI=1S/C28H40O3/c1-4-6-8-9-10-11-12-23-14-16-24(17-15-23)25-18-20-26(21-19-25)28(30)31-22(3)27(29)13-7-5-2/h18-24H,4-6,8-12,14-17H2,1-3H3. The number of carbonyl (C=O) groups excluding carboxylic acids is 2. The molecule has 1 aliphatic carbocycles. The van der Waals surface area contributed by atoms with E-state index in [0.717, 1.165) is 5.92 Å². The average Bonchev–Trinajstić information content (AvgIpc) is 2.80. The maximum absolute atomic E-state index is 12.3. The van der Waals surface area contributed by atoms with Crippen LogP contribution in [0.15, 0.2) is 24.3 Å². The third-order valence-electron chi connectivity index (χ3n) is 6.47. The van der Waals surface area contributed by atoms with Crippen LogP contribution in [-0.4, -0.2) is 17.9 Å². The molecule has 1 atom stereocenters. The molecule has 0 amide bonds. The van der Waals surface area contributed by atoms with E-state index in [0.29, 0.717) is 17.9 Å². The summed E-state index contributed by atoms with van der Waals surface area (Å²) in [4.78, 5) is 24.2. The van der Waals surface area contributed by atoms with Gasteiger partial charge >= 0.3 is 5.97 Å². The van der Waals surface area contributed by atoms with E-state index in [9.17, 15) is 9.59 Å². The van der Waals surface area contributed by atoms with Crippen LogP contribution in [0, 0.1) is 17.8 Å². The molecule has 0 N–H and O–H groups in total. The fraction of sp³-hybridized carbons (Fsp3) is 0.643. The number of hydrogen-bond donors (Lipinski definition) is 0. The Balaban J connectivity index is 1.74. The van der Waals surface area contributed by atoms with Gasteiger partial charge in [-0.3, -0.25) is 4.79 Å². The second kappa shape index (κ2) is 14.1. The number of carbonyl (C=O) groups is 2. The van der Waals surface area contributed by atoms with E-state index < -0.39 is 12.1 Å². The van der Waals surface area contributed by atoms with Crippen LogP contribution in [0.5, 0.6) is 0 Å². The van der Waals surface area contributed by atoms with Gasteiger partial charge < -0.3 is 4.74 Å². The molecule has 0 spiro atoms. The van der Waals surface area contributed by atoms with E-state index in [1.54, 1.807) is 6.92 Å². The molecule has 2 rings (SSSR count). The summed E-state index contributed by atoms with van der Waals surface area (Å²) in [6.07, 6.45) is 14.6. The van der Waals surface area contributed by atoms with E-state index in [1.807, 2.05) is 19.1 Å². The van der Waals surface area contributed by atoms with Gasteiger partial charge in [-0.2, -0.15) is 0 Å². The van der Waals surface area contributed by atoms with Gasteiger partial charge in [0.25, 0.3) is 0 Å². The van der Waals surface area contributed by atoms with Crippen molar-refractivity contribution in [3.63, 3.8) is 0 Å². The maximum Gasteiger partial charge on any atom is 0.338 e. The van der Waals surface area contributed by atoms with Crippen LogP contribution in [-0.2, 0) is 9.53 Å². The highest BCUT2D eigenvalue weighted by Gasteiger charge is 2.23. The smallest absolute Gasteiger partial charge is 0.338 e. The molecule has 170 valence electrons. The predicted octanol–water partition coefficient (Wildman–Crippen LogP) is 7.24. The van der Waals surface area contributed by atoms with Crippen molar-refractivity contribution in [2.24, 2.45) is 5.92 Å². The van der Waals surface area contributed by atoms with Gasteiger partial charge in [-0.05, 0) is 68.1 Å². The summed E-state index contributed by atoms with van der Waals surface area (Å²) in [6, 6.07) is 7.77. The first-order valence-corrected chi connectivity index (χ1v) is 12.4. The van der Waals surface area contributed by atoms with Crippen molar-refractivity contribution >= 4 is 11.8 Å². The molecular weight excluding hydrogens is 384 g/mol. The summed E-state index contributed by atoms with van der Waals surface area (Å²) in [5.41, 5.74) is 1.80. The lowest BCUT2D eigenvalue weighted by atomic mass is 9.77. The van der Waals surface area contributed by atoms with Crippen LogP contribution in [0.4, 0.5) is 0 Å². The van der Waals surface area contributed by atoms with Gasteiger partial charge in [-0.25, -0.2) is 4.79 Å². The Labute approximate surface area is 189 Å². The fourth-order valence-corrected chi connectivity index (χ4v) is 4.45. The van der Waals surface area contributed by atoms with Crippen molar-refractivity contribution < 1.29 is 14.3 Å². The van der Waals surface area contributed by atoms with Gasteiger partial charge in [0.05, 0.1) is 5.56 Å². The Hall–Kier alpha value is -2.08. The molecular formula is C28H40O3. The number of ether oxygens (including phenoxy) is 1. The summed E-state index contributed by atoms with van der Waals surface area (Å²) >= 11 is 0. The number of benzene rings is 1. The van der Waals surface area contributed by atoms with E-state index in [-0.39, 0.29) is 5.78 Å². The predicted molar refractivity (Wildman–Crippen MR) is 127 cm³/mol. The maximum atomic E-state index is 12.3. The molecule has 0 radical (unpaired) electrons. The number of Topliss-reactive ketones (excluding diaryl/α,β-unsaturated/α-hetero) is 1. The molecule has 0 aliphatic heterocycles. The van der Waals surface area contributed by atoms with Crippen LogP contribution < -0.4 is 0 Å². The Morgan fingerprint density at radius 1 is 0.968 bits per heavy atom. The molecule has 1 fully saturated rings. The minimum atomic E-state index is -0.840. The number of hydrogen-bond acceptors (Lipinski definition) is 3. The third-order valence-corrected chi connectivity index (χ3v) is 6.47. The first-order chi connectivity index (χ1) is 15.0. The van der Waals surface area contributed by atoms with Crippen molar-refractivity contribution in [3.05, 3.63) is 35.4 Å². The summed E-state index contributed by atoms with van der Waals surface area (Å²) in [5, 5.41) is 0. The van der Waals surface area contributed by atoms with Gasteiger partial charge in [0.1, 0.15) is 0 Å². The lowest BCUT2D eigenvalue weighted by Crippen LogP contribution is -2.23. The van der Waals surface area contributed by atoms with Gasteiger partial charge in [-0.15, -0.1) is 0 Å². The molecule has 1 saturated carbocycles. The summed E-state index contributed by atoms with van der Waals surface area (Å²) in [6.45, 7) is 5.72. The summed E-state index contributed by atoms with van der Waals surface area (Å²) < 4.78 is 5.27. The van der Waals surface area contributed by atoms with Gasteiger partial charge in [0.15, 0.2) is 6.10 Å². The highest BCUT2D eigenvalue weighted by atomic mass is 16.5. The minimum Gasteiger partial charge on any atom is -0.450 e. The van der Waals surface area contributed by atoms with Gasteiger partial charge in [0, 0.05) is 6.42 Å². The highest BCUT2D eigenvalue weighted by molar-refractivity contribution is 6.01.